The molecule has 0 fully saturated rings. The van der Waals surface area contributed by atoms with Gasteiger partial charge >= 0.3 is 0 Å². The largest absolute Gasteiger partial charge is 0.317 e. The summed E-state index contributed by atoms with van der Waals surface area (Å²) >= 11 is 6.22. The predicted molar refractivity (Wildman–Crippen MR) is 64.5 cm³/mol. The molecular formula is C11H20ClN3. The highest BCUT2D eigenvalue weighted by atomic mass is 35.5. The fourth-order valence-electron chi connectivity index (χ4n) is 1.61. The summed E-state index contributed by atoms with van der Waals surface area (Å²) in [4.78, 5) is 0. The highest BCUT2D eigenvalue weighted by Gasteiger charge is 2.12. The maximum atomic E-state index is 6.22. The van der Waals surface area contributed by atoms with Gasteiger partial charge in [-0.1, -0.05) is 11.6 Å². The molecule has 0 radical (unpaired) electrons. The van der Waals surface area contributed by atoms with Crippen LogP contribution in [0, 0.1) is 6.92 Å². The van der Waals surface area contributed by atoms with Crippen LogP contribution in [0.15, 0.2) is 0 Å². The number of aryl methyl sites for hydroxylation is 2. The molecule has 1 N–H and O–H groups in total. The van der Waals surface area contributed by atoms with Crippen LogP contribution in [0.1, 0.15) is 31.7 Å². The van der Waals surface area contributed by atoms with Crippen LogP contribution in [-0.4, -0.2) is 22.9 Å². The van der Waals surface area contributed by atoms with Gasteiger partial charge in [-0.15, -0.1) is 0 Å². The van der Waals surface area contributed by atoms with E-state index in [4.69, 9.17) is 11.6 Å². The average Bonchev–Trinajstić information content (AvgIpc) is 2.52. The van der Waals surface area contributed by atoms with Gasteiger partial charge in [0.2, 0.25) is 0 Å². The van der Waals surface area contributed by atoms with Gasteiger partial charge in [0.1, 0.15) is 0 Å². The zero-order chi connectivity index (χ0) is 11.4. The molecule has 0 bridgehead atoms. The van der Waals surface area contributed by atoms with E-state index in [0.29, 0.717) is 6.04 Å². The van der Waals surface area contributed by atoms with Crippen LogP contribution in [0.2, 0.25) is 5.02 Å². The van der Waals surface area contributed by atoms with Crippen molar-refractivity contribution in [2.75, 3.05) is 7.05 Å². The predicted octanol–water partition coefficient (Wildman–Crippen LogP) is 2.41. The maximum absolute atomic E-state index is 6.22. The monoisotopic (exact) mass is 229 g/mol. The molecule has 4 heteroatoms. The zero-order valence-corrected chi connectivity index (χ0v) is 10.7. The topological polar surface area (TPSA) is 29.9 Å². The highest BCUT2D eigenvalue weighted by Crippen LogP contribution is 2.21. The standard InChI is InChI=1S/C11H20ClN3/c1-5-15-10(7-6-8(2)13-4)11(12)9(3)14-15/h8,13H,5-7H2,1-4H3. The molecule has 0 amide bonds. The van der Waals surface area contributed by atoms with Gasteiger partial charge in [-0.2, -0.15) is 5.10 Å². The first kappa shape index (κ1) is 12.5. The smallest absolute Gasteiger partial charge is 0.0847 e. The number of nitrogens with one attached hydrogen (secondary N) is 1. The first-order chi connectivity index (χ1) is 7.10. The summed E-state index contributed by atoms with van der Waals surface area (Å²) < 4.78 is 2.00. The van der Waals surface area contributed by atoms with Crippen LogP contribution in [0.3, 0.4) is 0 Å². The lowest BCUT2D eigenvalue weighted by molar-refractivity contribution is 0.538. The van der Waals surface area contributed by atoms with Crippen LogP contribution in [0.5, 0.6) is 0 Å². The van der Waals surface area contributed by atoms with E-state index in [2.05, 4.69) is 24.3 Å². The Morgan fingerprint density at radius 3 is 2.73 bits per heavy atom. The van der Waals surface area contributed by atoms with Gasteiger partial charge in [0, 0.05) is 12.6 Å². The second kappa shape index (κ2) is 5.52. The van der Waals surface area contributed by atoms with E-state index in [0.717, 1.165) is 30.1 Å². The number of rotatable bonds is 5. The van der Waals surface area contributed by atoms with E-state index in [-0.39, 0.29) is 0 Å². The molecule has 1 rings (SSSR count). The van der Waals surface area contributed by atoms with Crippen molar-refractivity contribution in [3.05, 3.63) is 16.4 Å². The lowest BCUT2D eigenvalue weighted by Crippen LogP contribution is -2.22. The van der Waals surface area contributed by atoms with E-state index in [1.165, 1.54) is 5.69 Å². The third-order valence-electron chi connectivity index (χ3n) is 2.76. The molecular weight excluding hydrogens is 210 g/mol. The molecule has 0 aliphatic rings. The average molecular weight is 230 g/mol. The molecule has 0 saturated heterocycles. The Morgan fingerprint density at radius 1 is 1.53 bits per heavy atom. The summed E-state index contributed by atoms with van der Waals surface area (Å²) in [6, 6.07) is 0.515. The van der Waals surface area contributed by atoms with Crippen molar-refractivity contribution in [1.29, 1.82) is 0 Å². The van der Waals surface area contributed by atoms with E-state index in [9.17, 15) is 0 Å². The summed E-state index contributed by atoms with van der Waals surface area (Å²) in [5.74, 6) is 0. The van der Waals surface area contributed by atoms with Gasteiger partial charge in [0.05, 0.1) is 16.4 Å². The van der Waals surface area contributed by atoms with Crippen LogP contribution < -0.4 is 5.32 Å². The van der Waals surface area contributed by atoms with Crippen molar-refractivity contribution in [2.24, 2.45) is 0 Å². The SMILES string of the molecule is CCn1nc(C)c(Cl)c1CCC(C)NC. The molecule has 86 valence electrons. The van der Waals surface area contributed by atoms with Crippen molar-refractivity contribution in [3.63, 3.8) is 0 Å². The van der Waals surface area contributed by atoms with Crippen LogP contribution in [0.25, 0.3) is 0 Å². The number of hydrogen-bond donors (Lipinski definition) is 1. The lowest BCUT2D eigenvalue weighted by Gasteiger charge is -2.10. The second-order valence-corrected chi connectivity index (χ2v) is 4.27. The van der Waals surface area contributed by atoms with Gasteiger partial charge in [-0.25, -0.2) is 0 Å². The Balaban J connectivity index is 2.74. The molecule has 0 saturated carbocycles. The minimum atomic E-state index is 0.515. The number of aromatic nitrogens is 2. The van der Waals surface area contributed by atoms with Gasteiger partial charge < -0.3 is 5.32 Å². The second-order valence-electron chi connectivity index (χ2n) is 3.89. The summed E-state index contributed by atoms with van der Waals surface area (Å²) in [6.45, 7) is 7.11. The summed E-state index contributed by atoms with van der Waals surface area (Å²) in [6.07, 6.45) is 2.07. The Bertz CT molecular complexity index is 320. The Morgan fingerprint density at radius 2 is 2.20 bits per heavy atom. The van der Waals surface area contributed by atoms with Crippen LogP contribution in [0.4, 0.5) is 0 Å². The molecule has 1 unspecified atom stereocenters. The van der Waals surface area contributed by atoms with Crippen molar-refractivity contribution >= 4 is 11.6 Å². The lowest BCUT2D eigenvalue weighted by atomic mass is 10.1. The molecule has 1 aromatic heterocycles. The normalized spacial score (nSPS) is 13.1. The maximum Gasteiger partial charge on any atom is 0.0847 e. The van der Waals surface area contributed by atoms with E-state index >= 15 is 0 Å². The fourth-order valence-corrected chi connectivity index (χ4v) is 1.84. The molecule has 0 aliphatic heterocycles. The van der Waals surface area contributed by atoms with Gasteiger partial charge in [0.25, 0.3) is 0 Å². The van der Waals surface area contributed by atoms with Crippen molar-refractivity contribution in [2.45, 2.75) is 46.2 Å². The van der Waals surface area contributed by atoms with Gasteiger partial charge in [-0.3, -0.25) is 4.68 Å². The summed E-state index contributed by atoms with van der Waals surface area (Å²) in [5.41, 5.74) is 2.10. The molecule has 1 aromatic rings. The Labute approximate surface area is 96.8 Å². The third kappa shape index (κ3) is 2.95. The summed E-state index contributed by atoms with van der Waals surface area (Å²) in [5, 5.41) is 8.46. The molecule has 0 spiro atoms. The van der Waals surface area contributed by atoms with E-state index in [1.807, 2.05) is 18.7 Å². The van der Waals surface area contributed by atoms with Crippen molar-refractivity contribution < 1.29 is 0 Å². The first-order valence-electron chi connectivity index (χ1n) is 5.49. The van der Waals surface area contributed by atoms with Crippen molar-refractivity contribution in [1.82, 2.24) is 15.1 Å². The van der Waals surface area contributed by atoms with Crippen LogP contribution >= 0.6 is 11.6 Å². The molecule has 3 nitrogen and oxygen atoms in total. The van der Waals surface area contributed by atoms with Crippen LogP contribution in [-0.2, 0) is 13.0 Å². The molecule has 0 aliphatic carbocycles. The third-order valence-corrected chi connectivity index (χ3v) is 3.25. The minimum Gasteiger partial charge on any atom is -0.317 e. The number of hydrogen-bond acceptors (Lipinski definition) is 2. The minimum absolute atomic E-state index is 0.515. The highest BCUT2D eigenvalue weighted by molar-refractivity contribution is 6.31. The molecule has 1 atom stereocenters. The summed E-state index contributed by atoms with van der Waals surface area (Å²) in [7, 11) is 1.98. The quantitative estimate of drug-likeness (QED) is 0.841. The molecule has 15 heavy (non-hydrogen) atoms. The number of halogens is 1. The number of nitrogens with zero attached hydrogens (tertiary/aromatic N) is 2. The van der Waals surface area contributed by atoms with E-state index in [1.54, 1.807) is 0 Å². The Kier molecular flexibility index (Phi) is 4.61. The zero-order valence-electron chi connectivity index (χ0n) is 9.97. The van der Waals surface area contributed by atoms with Crippen molar-refractivity contribution in [3.8, 4) is 0 Å². The fraction of sp³-hybridized carbons (Fsp3) is 0.727. The Hall–Kier alpha value is -0.540. The first-order valence-corrected chi connectivity index (χ1v) is 5.87. The van der Waals surface area contributed by atoms with E-state index < -0.39 is 0 Å². The molecule has 0 aromatic carbocycles. The van der Waals surface area contributed by atoms with Gasteiger partial charge in [-0.05, 0) is 40.7 Å². The van der Waals surface area contributed by atoms with Gasteiger partial charge in [0.15, 0.2) is 0 Å². The molecule has 1 heterocycles.